The van der Waals surface area contributed by atoms with Crippen LogP contribution in [0, 0.1) is 5.92 Å². The summed E-state index contributed by atoms with van der Waals surface area (Å²) in [5.74, 6) is 0.685. The first-order chi connectivity index (χ1) is 5.24. The van der Waals surface area contributed by atoms with Crippen molar-refractivity contribution < 1.29 is 20.8 Å². The predicted octanol–water partition coefficient (Wildman–Crippen LogP) is 3.91. The third-order valence-electron chi connectivity index (χ3n) is 1.50. The van der Waals surface area contributed by atoms with Gasteiger partial charge in [0.25, 0.3) is 0 Å². The van der Waals surface area contributed by atoms with Gasteiger partial charge in [0.15, 0.2) is 0 Å². The molecule has 62 valence electrons. The summed E-state index contributed by atoms with van der Waals surface area (Å²) in [7, 11) is 9.87. The van der Waals surface area contributed by atoms with Gasteiger partial charge in [-0.15, -0.1) is 0 Å². The van der Waals surface area contributed by atoms with E-state index in [4.69, 9.17) is 17.0 Å². The summed E-state index contributed by atoms with van der Waals surface area (Å²) in [6.45, 7) is 4.40. The first kappa shape index (κ1) is 11.9. The second kappa shape index (κ2) is 7.58. The van der Waals surface area contributed by atoms with Gasteiger partial charge in [-0.2, -0.15) is 0 Å². The summed E-state index contributed by atoms with van der Waals surface area (Å²) >= 11 is -0.826. The fourth-order valence-electron chi connectivity index (χ4n) is 0.960. The van der Waals surface area contributed by atoms with E-state index in [0.29, 0.717) is 5.92 Å². The molecule has 0 N–H and O–H groups in total. The van der Waals surface area contributed by atoms with Gasteiger partial charge in [0.2, 0.25) is 0 Å². The van der Waals surface area contributed by atoms with Crippen LogP contribution in [0.5, 0.6) is 0 Å². The van der Waals surface area contributed by atoms with Crippen LogP contribution in [0.3, 0.4) is 0 Å². The van der Waals surface area contributed by atoms with Gasteiger partial charge in [-0.05, 0) is 12.3 Å². The van der Waals surface area contributed by atoms with E-state index in [-0.39, 0.29) is 0 Å². The standard InChI is InChI=1S/C8H12.2ClH.Zr/c1-3-8-5-4-7(2)6-8;;;/h4-7H,3H2,1-2H3;2*1H;/q;;;+2/p-2. The van der Waals surface area contributed by atoms with E-state index in [2.05, 4.69) is 32.1 Å². The van der Waals surface area contributed by atoms with E-state index < -0.39 is 20.8 Å². The Bertz CT molecular complexity index is 152. The molecular formula is C8H12Cl2Zr. The Morgan fingerprint density at radius 1 is 1.55 bits per heavy atom. The molecule has 0 aromatic rings. The van der Waals surface area contributed by atoms with Crippen LogP contribution in [0.15, 0.2) is 23.8 Å². The number of hydrogen-bond acceptors (Lipinski definition) is 0. The maximum atomic E-state index is 4.93. The molecule has 0 nitrogen and oxygen atoms in total. The molecule has 1 aliphatic carbocycles. The number of halogens is 2. The molecule has 0 aromatic carbocycles. The van der Waals surface area contributed by atoms with Crippen molar-refractivity contribution in [3.63, 3.8) is 0 Å². The van der Waals surface area contributed by atoms with Crippen LogP contribution in [0.1, 0.15) is 20.3 Å². The summed E-state index contributed by atoms with van der Waals surface area (Å²) in [6, 6.07) is 0. The molecule has 3 heteroatoms. The first-order valence-corrected chi connectivity index (χ1v) is 9.92. The molecule has 0 radical (unpaired) electrons. The number of rotatable bonds is 1. The first-order valence-electron chi connectivity index (χ1n) is 3.59. The average Bonchev–Trinajstić information content (AvgIpc) is 2.37. The van der Waals surface area contributed by atoms with Gasteiger partial charge in [0.05, 0.1) is 0 Å². The molecule has 0 fully saturated rings. The van der Waals surface area contributed by atoms with Crippen molar-refractivity contribution in [1.82, 2.24) is 0 Å². The van der Waals surface area contributed by atoms with E-state index in [1.165, 1.54) is 12.0 Å². The molecule has 1 atom stereocenters. The predicted molar refractivity (Wildman–Crippen MR) is 48.4 cm³/mol. The minimum absolute atomic E-state index is 0.685. The van der Waals surface area contributed by atoms with Crippen LogP contribution in [0.2, 0.25) is 0 Å². The third-order valence-corrected chi connectivity index (χ3v) is 1.50. The molecule has 1 rings (SSSR count). The van der Waals surface area contributed by atoms with Gasteiger partial charge in [0, 0.05) is 0 Å². The fourth-order valence-corrected chi connectivity index (χ4v) is 0.960. The molecule has 0 aromatic heterocycles. The Labute approximate surface area is 87.3 Å². The molecule has 0 spiro atoms. The molecule has 0 aliphatic heterocycles. The zero-order valence-corrected chi connectivity index (χ0v) is 10.7. The van der Waals surface area contributed by atoms with Crippen LogP contribution >= 0.6 is 17.0 Å². The van der Waals surface area contributed by atoms with Crippen molar-refractivity contribution in [1.29, 1.82) is 0 Å². The quantitative estimate of drug-likeness (QED) is 0.678. The molecule has 0 saturated heterocycles. The van der Waals surface area contributed by atoms with Crippen LogP contribution < -0.4 is 0 Å². The van der Waals surface area contributed by atoms with Crippen molar-refractivity contribution in [2.45, 2.75) is 20.3 Å². The molecule has 0 amide bonds. The van der Waals surface area contributed by atoms with Gasteiger partial charge in [-0.3, -0.25) is 0 Å². The monoisotopic (exact) mass is 268 g/mol. The maximum absolute atomic E-state index is 4.93. The molecule has 1 unspecified atom stereocenters. The van der Waals surface area contributed by atoms with Crippen molar-refractivity contribution >= 4 is 17.0 Å². The Balaban J connectivity index is 0.000000292. The molecule has 0 saturated carbocycles. The second-order valence-corrected chi connectivity index (χ2v) is 6.12. The van der Waals surface area contributed by atoms with Gasteiger partial charge >= 0.3 is 37.9 Å². The molecule has 11 heavy (non-hydrogen) atoms. The molecular weight excluding hydrogens is 258 g/mol. The Morgan fingerprint density at radius 3 is 2.27 bits per heavy atom. The third kappa shape index (κ3) is 6.14. The van der Waals surface area contributed by atoms with E-state index in [1.54, 1.807) is 0 Å². The molecule has 0 bridgehead atoms. The van der Waals surface area contributed by atoms with Crippen molar-refractivity contribution in [3.05, 3.63) is 23.8 Å². The van der Waals surface area contributed by atoms with Gasteiger partial charge in [-0.1, -0.05) is 37.6 Å². The number of hydrogen-bond donors (Lipinski definition) is 0. The Morgan fingerprint density at radius 2 is 2.09 bits per heavy atom. The van der Waals surface area contributed by atoms with Gasteiger partial charge < -0.3 is 0 Å². The summed E-state index contributed by atoms with van der Waals surface area (Å²) in [5.41, 5.74) is 1.48. The summed E-state index contributed by atoms with van der Waals surface area (Å²) in [5, 5.41) is 0. The Hall–Kier alpha value is 0.943. The average molecular weight is 270 g/mol. The van der Waals surface area contributed by atoms with Crippen LogP contribution in [-0.2, 0) is 20.8 Å². The van der Waals surface area contributed by atoms with Gasteiger partial charge in [-0.25, -0.2) is 0 Å². The zero-order chi connectivity index (χ0) is 8.69. The van der Waals surface area contributed by atoms with Gasteiger partial charge in [0.1, 0.15) is 0 Å². The van der Waals surface area contributed by atoms with Crippen molar-refractivity contribution in [2.24, 2.45) is 5.92 Å². The van der Waals surface area contributed by atoms with E-state index >= 15 is 0 Å². The van der Waals surface area contributed by atoms with E-state index in [1.807, 2.05) is 0 Å². The van der Waals surface area contributed by atoms with Crippen LogP contribution in [0.25, 0.3) is 0 Å². The van der Waals surface area contributed by atoms with Crippen molar-refractivity contribution in [3.8, 4) is 0 Å². The topological polar surface area (TPSA) is 0 Å². The SMILES string of the molecule is CCC1=CC(C)C=C1.[Cl][Zr][Cl]. The second-order valence-electron chi connectivity index (χ2n) is 2.38. The summed E-state index contributed by atoms with van der Waals surface area (Å²) in [4.78, 5) is 0. The van der Waals surface area contributed by atoms with Crippen LogP contribution in [-0.4, -0.2) is 0 Å². The van der Waals surface area contributed by atoms with Crippen molar-refractivity contribution in [2.75, 3.05) is 0 Å². The fraction of sp³-hybridized carbons (Fsp3) is 0.500. The molecule has 1 aliphatic rings. The molecule has 0 heterocycles. The Kier molecular flexibility index (Phi) is 8.24. The number of allylic oxidation sites excluding steroid dienone is 4. The normalized spacial score (nSPS) is 20.4. The minimum atomic E-state index is -0.826. The van der Waals surface area contributed by atoms with E-state index in [0.717, 1.165) is 0 Å². The van der Waals surface area contributed by atoms with E-state index in [9.17, 15) is 0 Å². The summed E-state index contributed by atoms with van der Waals surface area (Å²) in [6.07, 6.45) is 7.93. The zero-order valence-electron chi connectivity index (χ0n) is 6.77. The van der Waals surface area contributed by atoms with Crippen LogP contribution in [0.4, 0.5) is 0 Å². The summed E-state index contributed by atoms with van der Waals surface area (Å²) < 4.78 is 0.